The molecule has 2 heterocycles. The Kier molecular flexibility index (Phi) is 12.0. The van der Waals surface area contributed by atoms with Gasteiger partial charge in [0.05, 0.1) is 13.7 Å². The predicted molar refractivity (Wildman–Crippen MR) is 182 cm³/mol. The van der Waals surface area contributed by atoms with Gasteiger partial charge in [-0.3, -0.25) is 4.57 Å². The first-order valence-corrected chi connectivity index (χ1v) is 16.6. The Balaban J connectivity index is 1.53. The fraction of sp³-hybridized carbons (Fsp3) is 0.421. The molecule has 256 valence electrons. The van der Waals surface area contributed by atoms with Crippen molar-refractivity contribution in [2.24, 2.45) is 0 Å². The molecule has 8 nitrogen and oxygen atoms in total. The third-order valence-electron chi connectivity index (χ3n) is 8.80. The van der Waals surface area contributed by atoms with Gasteiger partial charge in [0.2, 0.25) is 0 Å². The molecule has 0 saturated carbocycles. The summed E-state index contributed by atoms with van der Waals surface area (Å²) in [6.45, 7) is 3.39. The summed E-state index contributed by atoms with van der Waals surface area (Å²) in [4.78, 5) is 18.1. The number of rotatable bonds is 17. The van der Waals surface area contributed by atoms with Crippen LogP contribution in [-0.2, 0) is 19.7 Å². The lowest BCUT2D eigenvalue weighted by atomic mass is 9.77. The zero-order chi connectivity index (χ0) is 34.0. The number of aromatic nitrogens is 2. The smallest absolute Gasteiger partial charge is 0.351 e. The number of nitrogens with zero attached hydrogens (tertiary/aromatic N) is 2. The van der Waals surface area contributed by atoms with E-state index in [-0.39, 0.29) is 19.0 Å². The minimum atomic E-state index is -1.84. The Morgan fingerprint density at radius 1 is 0.896 bits per heavy atom. The average molecular weight is 662 g/mol. The number of alkyl halides is 2. The summed E-state index contributed by atoms with van der Waals surface area (Å²) in [5.41, 5.74) is -0.767. The third kappa shape index (κ3) is 7.31. The highest BCUT2D eigenvalue weighted by atomic mass is 19.1. The van der Waals surface area contributed by atoms with E-state index < -0.39 is 42.0 Å². The van der Waals surface area contributed by atoms with Crippen LogP contribution in [0.25, 0.3) is 0 Å². The Bertz CT molecular complexity index is 1580. The van der Waals surface area contributed by atoms with Crippen LogP contribution in [0.3, 0.4) is 0 Å². The van der Waals surface area contributed by atoms with Gasteiger partial charge in [-0.1, -0.05) is 99.5 Å². The molecule has 1 N–H and O–H groups in total. The van der Waals surface area contributed by atoms with Gasteiger partial charge in [-0.25, -0.2) is 13.6 Å². The zero-order valence-electron chi connectivity index (χ0n) is 27.8. The molecule has 1 saturated heterocycles. The largest absolute Gasteiger partial charge is 0.497 e. The van der Waals surface area contributed by atoms with E-state index >= 15 is 4.39 Å². The van der Waals surface area contributed by atoms with Crippen LogP contribution in [0.5, 0.6) is 5.75 Å². The molecule has 4 aromatic rings. The van der Waals surface area contributed by atoms with Crippen LogP contribution in [0, 0.1) is 0 Å². The number of nitrogens with one attached hydrogen (secondary N) is 1. The topological polar surface area (TPSA) is 83.8 Å². The molecule has 1 fully saturated rings. The maximum atomic E-state index is 16.2. The first kappa shape index (κ1) is 35.2. The first-order valence-electron chi connectivity index (χ1n) is 16.6. The van der Waals surface area contributed by atoms with E-state index in [2.05, 4.69) is 10.3 Å². The second-order valence-corrected chi connectivity index (χ2v) is 12.0. The maximum Gasteiger partial charge on any atom is 0.351 e. The predicted octanol–water partition coefficient (Wildman–Crippen LogP) is 7.23. The molecule has 0 radical (unpaired) electrons. The summed E-state index contributed by atoms with van der Waals surface area (Å²) in [5, 5.41) is 3.55. The van der Waals surface area contributed by atoms with E-state index in [1.165, 1.54) is 6.20 Å². The molecule has 48 heavy (non-hydrogen) atoms. The normalized spacial score (nSPS) is 20.9. The molecule has 5 rings (SSSR count). The SMILES string of the molecule is CCCCOC[C@@]1(CF)O[C@@H](n2ccc(NC(c3ccccc3)(c3ccccc3)c3ccc(OC)cc3)nc2=O)[C@H](F)[C@@H]1OCCCC. The number of hydrogen-bond acceptors (Lipinski definition) is 7. The molecule has 1 aliphatic heterocycles. The van der Waals surface area contributed by atoms with E-state index in [4.69, 9.17) is 18.9 Å². The van der Waals surface area contributed by atoms with Gasteiger partial charge in [0.15, 0.2) is 18.0 Å². The molecular formula is C38H45F2N3O5. The van der Waals surface area contributed by atoms with Crippen LogP contribution in [0.15, 0.2) is 102 Å². The molecule has 0 unspecified atom stereocenters. The van der Waals surface area contributed by atoms with Crippen LogP contribution >= 0.6 is 0 Å². The number of benzene rings is 3. The summed E-state index contributed by atoms with van der Waals surface area (Å²) in [6.07, 6.45) is 0.0450. The second kappa shape index (κ2) is 16.3. The van der Waals surface area contributed by atoms with Crippen molar-refractivity contribution in [2.75, 3.05) is 38.9 Å². The third-order valence-corrected chi connectivity index (χ3v) is 8.80. The van der Waals surface area contributed by atoms with Gasteiger partial charge in [-0.05, 0) is 47.7 Å². The highest BCUT2D eigenvalue weighted by Gasteiger charge is 2.58. The highest BCUT2D eigenvalue weighted by molar-refractivity contribution is 5.58. The number of unbranched alkanes of at least 4 members (excludes halogenated alkanes) is 2. The van der Waals surface area contributed by atoms with Crippen molar-refractivity contribution in [3.8, 4) is 5.75 Å². The van der Waals surface area contributed by atoms with Gasteiger partial charge in [0.1, 0.15) is 29.9 Å². The van der Waals surface area contributed by atoms with Crippen LogP contribution in [-0.4, -0.2) is 61.0 Å². The van der Waals surface area contributed by atoms with E-state index in [9.17, 15) is 9.18 Å². The fourth-order valence-electron chi connectivity index (χ4n) is 6.18. The summed E-state index contributed by atoms with van der Waals surface area (Å²) in [7, 11) is 1.61. The van der Waals surface area contributed by atoms with Gasteiger partial charge in [0.25, 0.3) is 0 Å². The Labute approximate surface area is 281 Å². The minimum Gasteiger partial charge on any atom is -0.497 e. The molecule has 0 bridgehead atoms. The van der Waals surface area contributed by atoms with Crippen molar-refractivity contribution in [1.29, 1.82) is 0 Å². The highest BCUT2D eigenvalue weighted by Crippen LogP contribution is 2.43. The molecule has 3 aromatic carbocycles. The number of methoxy groups -OCH3 is 1. The van der Waals surface area contributed by atoms with Crippen LogP contribution in [0.1, 0.15) is 62.4 Å². The monoisotopic (exact) mass is 661 g/mol. The molecule has 1 aliphatic rings. The molecular weight excluding hydrogens is 616 g/mol. The standard InChI is InChI=1S/C38H45F2N3O5/c1-4-6-24-46-27-37(26-39)34(47-25-7-5-2)33(40)35(48-37)43-23-22-32(41-36(43)44)42-38(28-14-10-8-11-15-28,29-16-12-9-13-17-29)30-18-20-31(45-3)21-19-30/h8-23,33-35H,4-7,24-27H2,1-3H3,(H,41,42,44)/t33-,34+,35-,37-/m1/s1. The van der Waals surface area contributed by atoms with Gasteiger partial charge >= 0.3 is 5.69 Å². The summed E-state index contributed by atoms with van der Waals surface area (Å²) in [5.74, 6) is 0.951. The summed E-state index contributed by atoms with van der Waals surface area (Å²) >= 11 is 0. The van der Waals surface area contributed by atoms with Crippen LogP contribution < -0.4 is 15.7 Å². The maximum absolute atomic E-state index is 16.2. The molecule has 10 heteroatoms. The Hall–Kier alpha value is -4.12. The van der Waals surface area contributed by atoms with Crippen molar-refractivity contribution in [3.63, 3.8) is 0 Å². The minimum absolute atomic E-state index is 0.197. The molecule has 1 aromatic heterocycles. The van der Waals surface area contributed by atoms with Crippen molar-refractivity contribution >= 4 is 5.82 Å². The van der Waals surface area contributed by atoms with Crippen molar-refractivity contribution in [1.82, 2.24) is 9.55 Å². The second-order valence-electron chi connectivity index (χ2n) is 12.0. The number of halogens is 2. The van der Waals surface area contributed by atoms with E-state index in [0.29, 0.717) is 18.8 Å². The first-order chi connectivity index (χ1) is 23.4. The Morgan fingerprint density at radius 3 is 2.06 bits per heavy atom. The number of hydrogen-bond donors (Lipinski definition) is 1. The van der Waals surface area contributed by atoms with Gasteiger partial charge < -0.3 is 24.3 Å². The van der Waals surface area contributed by atoms with Gasteiger partial charge in [-0.15, -0.1) is 0 Å². The van der Waals surface area contributed by atoms with Crippen molar-refractivity contribution < 1.29 is 27.7 Å². The summed E-state index contributed by atoms with van der Waals surface area (Å²) < 4.78 is 55.2. The van der Waals surface area contributed by atoms with Crippen molar-refractivity contribution in [3.05, 3.63) is 124 Å². The van der Waals surface area contributed by atoms with Gasteiger partial charge in [-0.2, -0.15) is 4.98 Å². The lowest BCUT2D eigenvalue weighted by Gasteiger charge is -2.37. The van der Waals surface area contributed by atoms with Crippen molar-refractivity contribution in [2.45, 2.75) is 69.2 Å². The van der Waals surface area contributed by atoms with Crippen LogP contribution in [0.2, 0.25) is 0 Å². The number of anilines is 1. The molecule has 4 atom stereocenters. The zero-order valence-corrected chi connectivity index (χ0v) is 27.8. The lowest BCUT2D eigenvalue weighted by molar-refractivity contribution is -0.160. The molecule has 0 aliphatic carbocycles. The van der Waals surface area contributed by atoms with Crippen LogP contribution in [0.4, 0.5) is 14.6 Å². The quantitative estimate of drug-likeness (QED) is 0.0944. The fourth-order valence-corrected chi connectivity index (χ4v) is 6.18. The molecule has 0 amide bonds. The van der Waals surface area contributed by atoms with Gasteiger partial charge in [0, 0.05) is 19.4 Å². The lowest BCUT2D eigenvalue weighted by Crippen LogP contribution is -2.50. The summed E-state index contributed by atoms with van der Waals surface area (Å²) in [6, 6.07) is 29.0. The molecule has 0 spiro atoms. The average Bonchev–Trinajstić information content (AvgIpc) is 3.40. The van der Waals surface area contributed by atoms with E-state index in [1.54, 1.807) is 13.2 Å². The number of ether oxygens (including phenoxy) is 4. The van der Waals surface area contributed by atoms with E-state index in [0.717, 1.165) is 40.5 Å². The van der Waals surface area contributed by atoms with E-state index in [1.807, 2.05) is 98.8 Å². The Morgan fingerprint density at radius 2 is 1.50 bits per heavy atom.